The quantitative estimate of drug-likeness (QED) is 0.673. The summed E-state index contributed by atoms with van der Waals surface area (Å²) in [7, 11) is 1.59. The van der Waals surface area contributed by atoms with Crippen molar-refractivity contribution >= 4 is 34.5 Å². The van der Waals surface area contributed by atoms with E-state index in [1.54, 1.807) is 25.3 Å². The van der Waals surface area contributed by atoms with Gasteiger partial charge in [0, 0.05) is 34.3 Å². The Hall–Kier alpha value is -1.56. The summed E-state index contributed by atoms with van der Waals surface area (Å²) in [5, 5.41) is 3.52. The average Bonchev–Trinajstić information content (AvgIpc) is 3.05. The molecule has 146 valence electrons. The molecule has 0 spiro atoms. The Labute approximate surface area is 170 Å². The van der Waals surface area contributed by atoms with Crippen LogP contribution in [0.4, 0.5) is 5.69 Å². The van der Waals surface area contributed by atoms with E-state index in [-0.39, 0.29) is 5.91 Å². The molecule has 3 rings (SSSR count). The van der Waals surface area contributed by atoms with Gasteiger partial charge in [-0.25, -0.2) is 0 Å². The van der Waals surface area contributed by atoms with Crippen molar-refractivity contribution in [2.24, 2.45) is 5.92 Å². The number of ether oxygens (including phenoxy) is 1. The van der Waals surface area contributed by atoms with E-state index in [0.717, 1.165) is 26.1 Å². The first-order valence-corrected chi connectivity index (χ1v) is 10.6. The lowest BCUT2D eigenvalue weighted by atomic mass is 9.93. The van der Waals surface area contributed by atoms with Crippen molar-refractivity contribution in [3.05, 3.63) is 45.1 Å². The number of carbonyl (C=O) groups excluding carboxylic acids is 1. The van der Waals surface area contributed by atoms with E-state index >= 15 is 0 Å². The van der Waals surface area contributed by atoms with Crippen LogP contribution >= 0.6 is 22.9 Å². The predicted octanol–water partition coefficient (Wildman–Crippen LogP) is 5.35. The van der Waals surface area contributed by atoms with Crippen molar-refractivity contribution < 1.29 is 9.53 Å². The zero-order chi connectivity index (χ0) is 19.2. The van der Waals surface area contributed by atoms with E-state index < -0.39 is 0 Å². The van der Waals surface area contributed by atoms with Gasteiger partial charge in [0.1, 0.15) is 5.75 Å². The van der Waals surface area contributed by atoms with Crippen LogP contribution in [0.3, 0.4) is 0 Å². The summed E-state index contributed by atoms with van der Waals surface area (Å²) in [5.41, 5.74) is 0.633. The fraction of sp³-hybridized carbons (Fsp3) is 0.476. The molecule has 1 aliphatic rings. The topological polar surface area (TPSA) is 41.6 Å². The number of halogens is 1. The van der Waals surface area contributed by atoms with Crippen LogP contribution in [0, 0.1) is 12.8 Å². The minimum Gasteiger partial charge on any atom is -0.495 e. The molecule has 2 aromatic rings. The molecule has 27 heavy (non-hydrogen) atoms. The molecule has 1 aromatic carbocycles. The largest absolute Gasteiger partial charge is 0.495 e. The van der Waals surface area contributed by atoms with Gasteiger partial charge >= 0.3 is 0 Å². The first-order chi connectivity index (χ1) is 13.0. The van der Waals surface area contributed by atoms with Crippen molar-refractivity contribution in [2.75, 3.05) is 25.5 Å². The Morgan fingerprint density at radius 3 is 2.96 bits per heavy atom. The number of rotatable bonds is 7. The molecular formula is C21H27ClN2O2S. The second kappa shape index (κ2) is 9.58. The van der Waals surface area contributed by atoms with Gasteiger partial charge in [-0.2, -0.15) is 0 Å². The molecule has 1 aromatic heterocycles. The van der Waals surface area contributed by atoms with Crippen LogP contribution in [0.15, 0.2) is 30.3 Å². The normalized spacial score (nSPS) is 17.7. The molecule has 1 amide bonds. The molecule has 4 nitrogen and oxygen atoms in total. The number of aryl methyl sites for hydroxylation is 1. The van der Waals surface area contributed by atoms with Crippen LogP contribution in [0.1, 0.15) is 35.4 Å². The number of nitrogens with one attached hydrogen (secondary N) is 1. The van der Waals surface area contributed by atoms with Crippen molar-refractivity contribution in [3.63, 3.8) is 0 Å². The number of benzene rings is 1. The van der Waals surface area contributed by atoms with E-state index in [1.807, 2.05) is 11.3 Å². The maximum atomic E-state index is 12.4. The van der Waals surface area contributed by atoms with Crippen LogP contribution in [0.2, 0.25) is 5.02 Å². The number of hydrogen-bond acceptors (Lipinski definition) is 4. The summed E-state index contributed by atoms with van der Waals surface area (Å²) in [5.74, 6) is 1.22. The standard InChI is InChI=1S/C21H27ClN2O2S/c1-15-5-8-18(27-15)14-24-11-3-4-16(13-24)6-10-21(25)23-19-12-17(22)7-9-20(19)26-2/h5,7-9,12,16H,3-4,6,10-11,13-14H2,1-2H3,(H,23,25)/t16-/m1/s1. The third-order valence-electron chi connectivity index (χ3n) is 4.99. The summed E-state index contributed by atoms with van der Waals surface area (Å²) in [6.45, 7) is 5.41. The zero-order valence-corrected chi connectivity index (χ0v) is 17.5. The summed E-state index contributed by atoms with van der Waals surface area (Å²) < 4.78 is 5.29. The first kappa shape index (κ1) is 20.2. The number of likely N-dealkylation sites (tertiary alicyclic amines) is 1. The average molecular weight is 407 g/mol. The van der Waals surface area contributed by atoms with E-state index in [4.69, 9.17) is 16.3 Å². The second-order valence-corrected chi connectivity index (χ2v) is 9.00. The van der Waals surface area contributed by atoms with Gasteiger partial charge in [0.05, 0.1) is 12.8 Å². The predicted molar refractivity (Wildman–Crippen MR) is 113 cm³/mol. The molecule has 6 heteroatoms. The Morgan fingerprint density at radius 1 is 1.37 bits per heavy atom. The van der Waals surface area contributed by atoms with Gasteiger partial charge in [0.25, 0.3) is 0 Å². The third kappa shape index (κ3) is 5.96. The highest BCUT2D eigenvalue weighted by Crippen LogP contribution is 2.29. The number of hydrogen-bond donors (Lipinski definition) is 1. The van der Waals surface area contributed by atoms with Crippen LogP contribution < -0.4 is 10.1 Å². The van der Waals surface area contributed by atoms with Gasteiger partial charge in [-0.15, -0.1) is 11.3 Å². The number of carbonyl (C=O) groups is 1. The molecule has 1 fully saturated rings. The Kier molecular flexibility index (Phi) is 7.16. The van der Waals surface area contributed by atoms with E-state index in [9.17, 15) is 4.79 Å². The molecule has 1 saturated heterocycles. The number of nitrogens with zero attached hydrogens (tertiary/aromatic N) is 1. The minimum atomic E-state index is 0.0153. The monoisotopic (exact) mass is 406 g/mol. The molecule has 1 atom stereocenters. The van der Waals surface area contributed by atoms with Gasteiger partial charge < -0.3 is 10.1 Å². The minimum absolute atomic E-state index is 0.0153. The Morgan fingerprint density at radius 2 is 2.22 bits per heavy atom. The van der Waals surface area contributed by atoms with Gasteiger partial charge in [-0.3, -0.25) is 9.69 Å². The van der Waals surface area contributed by atoms with E-state index in [2.05, 4.69) is 29.3 Å². The lowest BCUT2D eigenvalue weighted by Crippen LogP contribution is -2.35. The SMILES string of the molecule is COc1ccc(Cl)cc1NC(=O)CC[C@H]1CCCN(Cc2ccc(C)s2)C1. The van der Waals surface area contributed by atoms with Crippen LogP contribution in [-0.4, -0.2) is 31.0 Å². The smallest absolute Gasteiger partial charge is 0.224 e. The molecule has 1 aliphatic heterocycles. The van der Waals surface area contributed by atoms with Gasteiger partial charge in [0.15, 0.2) is 0 Å². The van der Waals surface area contributed by atoms with Gasteiger partial charge in [-0.1, -0.05) is 11.6 Å². The molecule has 0 unspecified atom stereocenters. The number of methoxy groups -OCH3 is 1. The highest BCUT2D eigenvalue weighted by molar-refractivity contribution is 7.11. The molecular weight excluding hydrogens is 380 g/mol. The van der Waals surface area contributed by atoms with Gasteiger partial charge in [0.2, 0.25) is 5.91 Å². The van der Waals surface area contributed by atoms with Crippen LogP contribution in [0.25, 0.3) is 0 Å². The van der Waals surface area contributed by atoms with Crippen molar-refractivity contribution in [2.45, 2.75) is 39.2 Å². The van der Waals surface area contributed by atoms with Crippen molar-refractivity contribution in [1.29, 1.82) is 0 Å². The fourth-order valence-electron chi connectivity index (χ4n) is 3.65. The Balaban J connectivity index is 1.47. The lowest BCUT2D eigenvalue weighted by Gasteiger charge is -2.32. The molecule has 0 saturated carbocycles. The number of amides is 1. The molecule has 1 N–H and O–H groups in total. The highest BCUT2D eigenvalue weighted by atomic mass is 35.5. The van der Waals surface area contributed by atoms with E-state index in [0.29, 0.717) is 28.8 Å². The number of piperidine rings is 1. The molecule has 0 aliphatic carbocycles. The summed E-state index contributed by atoms with van der Waals surface area (Å²) in [6, 6.07) is 9.67. The van der Waals surface area contributed by atoms with Crippen molar-refractivity contribution in [3.8, 4) is 5.75 Å². The molecule has 0 radical (unpaired) electrons. The zero-order valence-electron chi connectivity index (χ0n) is 16.0. The summed E-state index contributed by atoms with van der Waals surface area (Å²) in [6.07, 6.45) is 3.84. The lowest BCUT2D eigenvalue weighted by molar-refractivity contribution is -0.116. The second-order valence-electron chi connectivity index (χ2n) is 7.19. The number of thiophene rings is 1. The first-order valence-electron chi connectivity index (χ1n) is 9.44. The van der Waals surface area contributed by atoms with Crippen molar-refractivity contribution in [1.82, 2.24) is 4.90 Å². The molecule has 0 bridgehead atoms. The maximum absolute atomic E-state index is 12.4. The van der Waals surface area contributed by atoms with Crippen LogP contribution in [-0.2, 0) is 11.3 Å². The highest BCUT2D eigenvalue weighted by Gasteiger charge is 2.21. The van der Waals surface area contributed by atoms with E-state index in [1.165, 1.54) is 22.6 Å². The molecule has 2 heterocycles. The Bertz CT molecular complexity index is 777. The maximum Gasteiger partial charge on any atom is 0.224 e. The summed E-state index contributed by atoms with van der Waals surface area (Å²) >= 11 is 7.91. The summed E-state index contributed by atoms with van der Waals surface area (Å²) in [4.78, 5) is 17.7. The van der Waals surface area contributed by atoms with Gasteiger partial charge in [-0.05, 0) is 69.0 Å². The van der Waals surface area contributed by atoms with Crippen LogP contribution in [0.5, 0.6) is 5.75 Å². The fourth-order valence-corrected chi connectivity index (χ4v) is 4.75. The third-order valence-corrected chi connectivity index (χ3v) is 6.21. The number of anilines is 1.